The fourth-order valence-corrected chi connectivity index (χ4v) is 2.13. The molecule has 7 heteroatoms. The first kappa shape index (κ1) is 19.9. The van der Waals surface area contributed by atoms with Crippen LogP contribution in [0.15, 0.2) is 23.0 Å². The predicted molar refractivity (Wildman–Crippen MR) is 77.8 cm³/mol. The molecule has 2 aromatic rings. The molecule has 0 spiro atoms. The Hall–Kier alpha value is -1.11. The standard InChI is InChI=1S/C16H16F2NO3.Y/c1-4-19-14(6-5-10(2)16(19)20)15-12(17)7-11(8-13(15)18)22-9-21-3;/h5,7-8H,4,9H2,1-3H3;/q-1;. The molecule has 23 heavy (non-hydrogen) atoms. The van der Waals surface area contributed by atoms with Crippen LogP contribution in [0.1, 0.15) is 12.5 Å². The van der Waals surface area contributed by atoms with Crippen LogP contribution in [0.4, 0.5) is 8.78 Å². The summed E-state index contributed by atoms with van der Waals surface area (Å²) in [6, 6.07) is 6.31. The van der Waals surface area contributed by atoms with Crippen LogP contribution in [0.3, 0.4) is 0 Å². The maximum Gasteiger partial charge on any atom is 0.197 e. The van der Waals surface area contributed by atoms with Gasteiger partial charge in [0.1, 0.15) is 5.75 Å². The Balaban J connectivity index is 0.00000264. The average molecular weight is 397 g/mol. The SMILES string of the molecule is CCn1c(-c2c(F)cc(OCOC)cc2F)[c-]cc(C)c1=O.[Y]. The van der Waals surface area contributed by atoms with Gasteiger partial charge in [0.05, 0.1) is 11.6 Å². The van der Waals surface area contributed by atoms with Gasteiger partial charge in [-0.1, -0.05) is 18.2 Å². The second kappa shape index (κ2) is 8.66. The number of aryl methyl sites for hydroxylation is 1. The van der Waals surface area contributed by atoms with E-state index in [1.807, 2.05) is 0 Å². The predicted octanol–water partition coefficient (Wildman–Crippen LogP) is 2.90. The van der Waals surface area contributed by atoms with Crippen molar-refractivity contribution in [3.63, 3.8) is 0 Å². The minimum absolute atomic E-state index is 0. The number of rotatable bonds is 5. The van der Waals surface area contributed by atoms with Gasteiger partial charge in [-0.05, 0) is 12.5 Å². The Kier molecular flexibility index (Phi) is 7.51. The van der Waals surface area contributed by atoms with Crippen molar-refractivity contribution in [2.75, 3.05) is 13.9 Å². The number of benzene rings is 1. The van der Waals surface area contributed by atoms with Crippen LogP contribution >= 0.6 is 0 Å². The summed E-state index contributed by atoms with van der Waals surface area (Å²) in [7, 11) is 1.41. The van der Waals surface area contributed by atoms with E-state index in [0.29, 0.717) is 5.56 Å². The van der Waals surface area contributed by atoms with Crippen molar-refractivity contribution in [2.45, 2.75) is 20.4 Å². The zero-order valence-corrected chi connectivity index (χ0v) is 16.0. The van der Waals surface area contributed by atoms with E-state index in [4.69, 9.17) is 4.74 Å². The van der Waals surface area contributed by atoms with Gasteiger partial charge in [0, 0.05) is 58.5 Å². The topological polar surface area (TPSA) is 40.5 Å². The number of hydrogen-bond donors (Lipinski definition) is 0. The molecular weight excluding hydrogens is 381 g/mol. The number of ether oxygens (including phenoxy) is 2. The molecular formula is C16H16F2NO3Y-. The third-order valence-electron chi connectivity index (χ3n) is 3.19. The summed E-state index contributed by atoms with van der Waals surface area (Å²) in [5.41, 5.74) is -0.0590. The van der Waals surface area contributed by atoms with Crippen LogP contribution < -0.4 is 10.3 Å². The summed E-state index contributed by atoms with van der Waals surface area (Å²) in [6.07, 6.45) is 0. The van der Waals surface area contributed by atoms with E-state index in [1.54, 1.807) is 13.8 Å². The summed E-state index contributed by atoms with van der Waals surface area (Å²) in [6.45, 7) is 3.52. The zero-order chi connectivity index (χ0) is 16.3. The maximum atomic E-state index is 14.3. The number of pyridine rings is 1. The minimum Gasteiger partial charge on any atom is -0.467 e. The molecule has 1 radical (unpaired) electrons. The van der Waals surface area contributed by atoms with Gasteiger partial charge >= 0.3 is 0 Å². The molecule has 2 rings (SSSR count). The van der Waals surface area contributed by atoms with Crippen molar-refractivity contribution in [3.05, 3.63) is 51.8 Å². The number of methoxy groups -OCH3 is 1. The maximum absolute atomic E-state index is 14.3. The van der Waals surface area contributed by atoms with Gasteiger partial charge in [-0.3, -0.25) is 4.79 Å². The minimum atomic E-state index is -0.826. The van der Waals surface area contributed by atoms with Crippen LogP contribution in [0.2, 0.25) is 0 Å². The molecule has 0 aliphatic heterocycles. The molecule has 0 saturated heterocycles. The molecule has 0 amide bonds. The average Bonchev–Trinajstić information content (AvgIpc) is 2.48. The molecule has 0 saturated carbocycles. The van der Waals surface area contributed by atoms with E-state index in [-0.39, 0.29) is 68.6 Å². The largest absolute Gasteiger partial charge is 0.467 e. The summed E-state index contributed by atoms with van der Waals surface area (Å²) < 4.78 is 39.6. The third-order valence-corrected chi connectivity index (χ3v) is 3.19. The first-order chi connectivity index (χ1) is 10.5. The van der Waals surface area contributed by atoms with Gasteiger partial charge < -0.3 is 14.0 Å². The Morgan fingerprint density at radius 2 is 1.87 bits per heavy atom. The quantitative estimate of drug-likeness (QED) is 0.576. The molecule has 4 nitrogen and oxygen atoms in total. The summed E-state index contributed by atoms with van der Waals surface area (Å²) >= 11 is 0. The van der Waals surface area contributed by atoms with Crippen LogP contribution in [-0.4, -0.2) is 18.5 Å². The van der Waals surface area contributed by atoms with E-state index in [0.717, 1.165) is 12.1 Å². The third kappa shape index (κ3) is 4.25. The molecule has 121 valence electrons. The van der Waals surface area contributed by atoms with Gasteiger partial charge in [0.15, 0.2) is 12.4 Å². The number of nitrogens with zero attached hydrogens (tertiary/aromatic N) is 1. The van der Waals surface area contributed by atoms with Gasteiger partial charge in [-0.2, -0.15) is 12.1 Å². The van der Waals surface area contributed by atoms with E-state index >= 15 is 0 Å². The summed E-state index contributed by atoms with van der Waals surface area (Å²) in [4.78, 5) is 12.1. The first-order valence-electron chi connectivity index (χ1n) is 6.72. The van der Waals surface area contributed by atoms with Crippen molar-refractivity contribution < 1.29 is 51.0 Å². The van der Waals surface area contributed by atoms with Crippen LogP contribution in [0.5, 0.6) is 5.75 Å². The molecule has 0 bridgehead atoms. The van der Waals surface area contributed by atoms with Gasteiger partial charge in [-0.25, -0.2) is 8.78 Å². The molecule has 0 unspecified atom stereocenters. The summed E-state index contributed by atoms with van der Waals surface area (Å²) in [5.74, 6) is -1.64. The van der Waals surface area contributed by atoms with E-state index in [1.165, 1.54) is 17.7 Å². The van der Waals surface area contributed by atoms with Crippen molar-refractivity contribution in [1.82, 2.24) is 4.57 Å². The van der Waals surface area contributed by atoms with Crippen molar-refractivity contribution in [1.29, 1.82) is 0 Å². The van der Waals surface area contributed by atoms with Crippen LogP contribution in [-0.2, 0) is 44.0 Å². The fraction of sp³-hybridized carbons (Fsp3) is 0.312. The normalized spacial score (nSPS) is 10.3. The van der Waals surface area contributed by atoms with Crippen molar-refractivity contribution in [2.24, 2.45) is 0 Å². The van der Waals surface area contributed by atoms with Crippen molar-refractivity contribution in [3.8, 4) is 17.0 Å². The van der Waals surface area contributed by atoms with Gasteiger partial charge in [0.25, 0.3) is 0 Å². The molecule has 0 aliphatic carbocycles. The monoisotopic (exact) mass is 397 g/mol. The van der Waals surface area contributed by atoms with Gasteiger partial charge in [0.2, 0.25) is 0 Å². The van der Waals surface area contributed by atoms with Crippen LogP contribution in [0, 0.1) is 24.6 Å². The number of hydrogen-bond acceptors (Lipinski definition) is 3. The Morgan fingerprint density at radius 3 is 2.39 bits per heavy atom. The van der Waals surface area contributed by atoms with Crippen LogP contribution in [0.25, 0.3) is 11.3 Å². The zero-order valence-electron chi connectivity index (χ0n) is 13.2. The Morgan fingerprint density at radius 1 is 1.26 bits per heavy atom. The molecule has 1 heterocycles. The second-order valence-electron chi connectivity index (χ2n) is 4.68. The fourth-order valence-electron chi connectivity index (χ4n) is 2.13. The molecule has 1 aromatic carbocycles. The van der Waals surface area contributed by atoms with Gasteiger partial charge in [-0.15, -0.1) is 0 Å². The number of aromatic nitrogens is 1. The van der Waals surface area contributed by atoms with E-state index in [9.17, 15) is 13.6 Å². The molecule has 0 fully saturated rings. The smallest absolute Gasteiger partial charge is 0.197 e. The molecule has 1 aromatic heterocycles. The first-order valence-corrected chi connectivity index (χ1v) is 6.72. The van der Waals surface area contributed by atoms with E-state index < -0.39 is 11.6 Å². The Bertz CT molecular complexity index is 724. The van der Waals surface area contributed by atoms with Crippen molar-refractivity contribution >= 4 is 0 Å². The summed E-state index contributed by atoms with van der Waals surface area (Å²) in [5, 5.41) is 0. The van der Waals surface area contributed by atoms with E-state index in [2.05, 4.69) is 10.8 Å². The molecule has 0 N–H and O–H groups in total. The Labute approximate surface area is 158 Å². The molecule has 0 aliphatic rings. The molecule has 0 atom stereocenters. The second-order valence-corrected chi connectivity index (χ2v) is 4.68. The number of halogens is 2.